The summed E-state index contributed by atoms with van der Waals surface area (Å²) in [5, 5.41) is 2.90. The van der Waals surface area contributed by atoms with Gasteiger partial charge in [-0.15, -0.1) is 0 Å². The largest absolute Gasteiger partial charge is 0.494 e. The number of Topliss-reactive ketones (excluding diaryl/α,β-unsaturated/α-hetero) is 1. The number of rotatable bonds is 5. The van der Waals surface area contributed by atoms with E-state index in [1.165, 1.54) is 0 Å². The fourth-order valence-corrected chi connectivity index (χ4v) is 3.75. The molecule has 2 aliphatic rings. The topological polar surface area (TPSA) is 108 Å². The van der Waals surface area contributed by atoms with E-state index in [2.05, 4.69) is 10.2 Å². The fraction of sp³-hybridized carbons (Fsp3) is 0.591. The number of amides is 1. The Balaban J connectivity index is 2.38. The lowest BCUT2D eigenvalue weighted by molar-refractivity contribution is -0.154. The molecule has 0 saturated carbocycles. The summed E-state index contributed by atoms with van der Waals surface area (Å²) in [4.78, 5) is 42.6. The molecule has 0 radical (unpaired) electrons. The van der Waals surface area contributed by atoms with Gasteiger partial charge < -0.3 is 14.9 Å². The zero-order chi connectivity index (χ0) is 21.4. The third-order valence-electron chi connectivity index (χ3n) is 5.31. The zero-order valence-corrected chi connectivity index (χ0v) is 17.5. The van der Waals surface area contributed by atoms with Crippen LogP contribution < -0.4 is 16.0 Å². The van der Waals surface area contributed by atoms with E-state index in [0.717, 1.165) is 11.3 Å². The molecule has 3 atom stereocenters. The quantitative estimate of drug-likeness (QED) is 0.730. The van der Waals surface area contributed by atoms with Crippen LogP contribution in [0.2, 0.25) is 0 Å². The van der Waals surface area contributed by atoms with Crippen molar-refractivity contribution in [2.45, 2.75) is 58.9 Å². The maximum atomic E-state index is 13.2. The second-order valence-electron chi connectivity index (χ2n) is 8.00. The normalized spacial score (nSPS) is 23.1. The second-order valence-corrected chi connectivity index (χ2v) is 8.00. The van der Waals surface area contributed by atoms with E-state index >= 15 is 0 Å². The van der Waals surface area contributed by atoms with E-state index in [4.69, 9.17) is 10.6 Å². The van der Waals surface area contributed by atoms with Crippen LogP contribution in [0.4, 0.5) is 0 Å². The average Bonchev–Trinajstić information content (AvgIpc) is 2.71. The van der Waals surface area contributed by atoms with Crippen molar-refractivity contribution in [1.29, 1.82) is 0 Å². The van der Waals surface area contributed by atoms with Crippen LogP contribution in [-0.2, 0) is 25.6 Å². The second kappa shape index (κ2) is 11.0. The molecule has 2 bridgehead atoms. The van der Waals surface area contributed by atoms with Crippen molar-refractivity contribution in [3.8, 4) is 5.75 Å². The number of ether oxygens (including phenoxy) is 1. The highest BCUT2D eigenvalue weighted by atomic mass is 16.7. The minimum absolute atomic E-state index is 0.0491. The first-order valence-corrected chi connectivity index (χ1v) is 10.3. The van der Waals surface area contributed by atoms with Crippen LogP contribution in [0.1, 0.15) is 52.0 Å². The van der Waals surface area contributed by atoms with E-state index in [1.54, 1.807) is 6.92 Å². The molecule has 3 rings (SSSR count). The Bertz CT molecular complexity index is 702. The number of fused-ring (bicyclic) bond motifs is 11. The van der Waals surface area contributed by atoms with E-state index < -0.39 is 23.8 Å². The van der Waals surface area contributed by atoms with Crippen molar-refractivity contribution in [3.05, 3.63) is 29.8 Å². The standard InChI is InChI=1S/C22H32N2O5/c1-4-20(25)19-13-15-7-9-16(10-8-15)28-11-5-6-17(22(27)29-23)18(12-14(2)3)21(26)24-19/h7-10,14,17-19H,4-6,11-13,23H2,1-3H3,(H,24,26)/t17-,18+,19-/m0/s1. The Morgan fingerprint density at radius 3 is 2.55 bits per heavy atom. The van der Waals surface area contributed by atoms with Gasteiger partial charge in [0.15, 0.2) is 5.78 Å². The summed E-state index contributed by atoms with van der Waals surface area (Å²) >= 11 is 0. The lowest BCUT2D eigenvalue weighted by Gasteiger charge is -2.28. The molecule has 0 unspecified atom stereocenters. The maximum absolute atomic E-state index is 13.2. The van der Waals surface area contributed by atoms with Crippen molar-refractivity contribution in [2.75, 3.05) is 6.61 Å². The lowest BCUT2D eigenvalue weighted by Crippen LogP contribution is -2.48. The molecular formula is C22H32N2O5. The van der Waals surface area contributed by atoms with Crippen molar-refractivity contribution < 1.29 is 24.0 Å². The molecular weight excluding hydrogens is 372 g/mol. The van der Waals surface area contributed by atoms with Gasteiger partial charge in [0, 0.05) is 6.42 Å². The van der Waals surface area contributed by atoms with Gasteiger partial charge in [-0.1, -0.05) is 32.9 Å². The summed E-state index contributed by atoms with van der Waals surface area (Å²) in [7, 11) is 0. The lowest BCUT2D eigenvalue weighted by atomic mass is 9.81. The number of carbonyl (C=O) groups is 3. The van der Waals surface area contributed by atoms with Gasteiger partial charge in [0.1, 0.15) is 5.75 Å². The summed E-state index contributed by atoms with van der Waals surface area (Å²) in [6, 6.07) is 6.87. The summed E-state index contributed by atoms with van der Waals surface area (Å²) in [6.07, 6.45) is 2.17. The molecule has 3 N–H and O–H groups in total. The highest BCUT2D eigenvalue weighted by Gasteiger charge is 2.36. The van der Waals surface area contributed by atoms with Gasteiger partial charge in [0.25, 0.3) is 0 Å². The Kier molecular flexibility index (Phi) is 8.64. The van der Waals surface area contributed by atoms with E-state index in [1.807, 2.05) is 38.1 Å². The molecule has 0 fully saturated rings. The average molecular weight is 405 g/mol. The molecule has 7 nitrogen and oxygen atoms in total. The molecule has 2 heterocycles. The van der Waals surface area contributed by atoms with Crippen LogP contribution in [0.25, 0.3) is 0 Å². The monoisotopic (exact) mass is 404 g/mol. The van der Waals surface area contributed by atoms with Crippen molar-refractivity contribution in [2.24, 2.45) is 23.7 Å². The number of ketones is 1. The molecule has 29 heavy (non-hydrogen) atoms. The van der Waals surface area contributed by atoms with Gasteiger partial charge in [-0.05, 0) is 49.3 Å². The Hall–Kier alpha value is -2.41. The van der Waals surface area contributed by atoms with Gasteiger partial charge in [-0.2, -0.15) is 5.90 Å². The van der Waals surface area contributed by atoms with Crippen LogP contribution in [0.5, 0.6) is 5.75 Å². The molecule has 0 saturated heterocycles. The number of hydrogen-bond donors (Lipinski definition) is 2. The maximum Gasteiger partial charge on any atom is 0.328 e. The summed E-state index contributed by atoms with van der Waals surface area (Å²) in [5.41, 5.74) is 0.930. The molecule has 1 aromatic rings. The summed E-state index contributed by atoms with van der Waals surface area (Å²) < 4.78 is 5.75. The molecule has 1 amide bonds. The minimum Gasteiger partial charge on any atom is -0.494 e. The van der Waals surface area contributed by atoms with E-state index in [0.29, 0.717) is 38.7 Å². The molecule has 160 valence electrons. The molecule has 0 spiro atoms. The Morgan fingerprint density at radius 1 is 1.28 bits per heavy atom. The smallest absolute Gasteiger partial charge is 0.328 e. The van der Waals surface area contributed by atoms with Gasteiger partial charge >= 0.3 is 5.97 Å². The molecule has 7 heteroatoms. The number of nitrogens with two attached hydrogens (primary N) is 1. The van der Waals surface area contributed by atoms with Crippen molar-refractivity contribution in [1.82, 2.24) is 5.32 Å². The highest BCUT2D eigenvalue weighted by molar-refractivity contribution is 5.91. The van der Waals surface area contributed by atoms with Crippen LogP contribution in [0.15, 0.2) is 24.3 Å². The summed E-state index contributed by atoms with van der Waals surface area (Å²) in [5.74, 6) is 3.78. The third kappa shape index (κ3) is 6.56. The van der Waals surface area contributed by atoms with E-state index in [9.17, 15) is 14.4 Å². The first-order valence-electron chi connectivity index (χ1n) is 10.3. The zero-order valence-electron chi connectivity index (χ0n) is 17.5. The number of hydrogen-bond acceptors (Lipinski definition) is 6. The highest BCUT2D eigenvalue weighted by Crippen LogP contribution is 2.27. The van der Waals surface area contributed by atoms with Gasteiger partial charge in [0.2, 0.25) is 5.91 Å². The predicted molar refractivity (Wildman–Crippen MR) is 109 cm³/mol. The van der Waals surface area contributed by atoms with Crippen LogP contribution in [0, 0.1) is 17.8 Å². The summed E-state index contributed by atoms with van der Waals surface area (Å²) in [6.45, 7) is 6.17. The SMILES string of the molecule is CCC(=O)[C@@H]1Cc2ccc(cc2)OCCC[C@H](C(=O)ON)[C@@H](CC(C)C)C(=O)N1. The number of benzene rings is 1. The number of carbonyl (C=O) groups excluding carboxylic acids is 3. The molecule has 2 aliphatic heterocycles. The van der Waals surface area contributed by atoms with Crippen LogP contribution >= 0.6 is 0 Å². The minimum atomic E-state index is -0.688. The first kappa shape index (κ1) is 22.9. The van der Waals surface area contributed by atoms with Crippen LogP contribution in [-0.4, -0.2) is 30.3 Å². The van der Waals surface area contributed by atoms with Crippen LogP contribution in [0.3, 0.4) is 0 Å². The molecule has 0 aromatic heterocycles. The predicted octanol–water partition coefficient (Wildman–Crippen LogP) is 2.56. The molecule has 1 aromatic carbocycles. The van der Waals surface area contributed by atoms with Gasteiger partial charge in [-0.3, -0.25) is 14.4 Å². The van der Waals surface area contributed by atoms with E-state index in [-0.39, 0.29) is 17.6 Å². The van der Waals surface area contributed by atoms with Gasteiger partial charge in [-0.25, -0.2) is 0 Å². The third-order valence-corrected chi connectivity index (χ3v) is 5.31. The van der Waals surface area contributed by atoms with Crippen molar-refractivity contribution >= 4 is 17.7 Å². The van der Waals surface area contributed by atoms with Gasteiger partial charge in [0.05, 0.1) is 24.5 Å². The number of nitrogens with one attached hydrogen (secondary N) is 1. The molecule has 0 aliphatic carbocycles. The van der Waals surface area contributed by atoms with Crippen molar-refractivity contribution in [3.63, 3.8) is 0 Å². The fourth-order valence-electron chi connectivity index (χ4n) is 3.75. The Morgan fingerprint density at radius 2 is 1.97 bits per heavy atom. The first-order chi connectivity index (χ1) is 13.8. The Labute approximate surface area is 172 Å².